The Morgan fingerprint density at radius 3 is 3.00 bits per heavy atom. The van der Waals surface area contributed by atoms with E-state index in [9.17, 15) is 4.79 Å². The first kappa shape index (κ1) is 20.0. The summed E-state index contributed by atoms with van der Waals surface area (Å²) in [6.45, 7) is 2.92. The van der Waals surface area contributed by atoms with Crippen molar-refractivity contribution in [1.29, 1.82) is 0 Å². The van der Waals surface area contributed by atoms with Gasteiger partial charge < -0.3 is 20.7 Å². The van der Waals surface area contributed by atoms with Crippen molar-refractivity contribution in [2.75, 3.05) is 38.6 Å². The van der Waals surface area contributed by atoms with Crippen LogP contribution in [-0.2, 0) is 4.79 Å². The first-order chi connectivity index (χ1) is 14.7. The molecular weight excluding hydrogens is 380 g/mol. The molecule has 3 N–H and O–H groups in total. The average molecular weight is 406 g/mol. The van der Waals surface area contributed by atoms with E-state index in [2.05, 4.69) is 25.9 Å². The van der Waals surface area contributed by atoms with Crippen LogP contribution in [-0.4, -0.2) is 54.1 Å². The lowest BCUT2D eigenvalue weighted by molar-refractivity contribution is -0.122. The zero-order valence-electron chi connectivity index (χ0n) is 17.0. The van der Waals surface area contributed by atoms with Crippen molar-refractivity contribution in [2.45, 2.75) is 12.8 Å². The minimum absolute atomic E-state index is 0.0290. The molecule has 3 aromatic rings. The van der Waals surface area contributed by atoms with E-state index in [1.54, 1.807) is 19.4 Å². The van der Waals surface area contributed by atoms with Crippen LogP contribution in [0.25, 0.3) is 22.3 Å². The molecule has 1 saturated heterocycles. The van der Waals surface area contributed by atoms with Crippen molar-refractivity contribution in [1.82, 2.24) is 25.6 Å². The summed E-state index contributed by atoms with van der Waals surface area (Å²) < 4.78 is 5.58. The smallest absolute Gasteiger partial charge is 0.257 e. The van der Waals surface area contributed by atoms with E-state index in [0.29, 0.717) is 11.7 Å². The normalized spacial score (nSPS) is 16.2. The molecule has 0 aliphatic carbocycles. The number of nitrogens with one attached hydrogen (secondary N) is 3. The predicted octanol–water partition coefficient (Wildman–Crippen LogP) is 2.23. The zero-order chi connectivity index (χ0) is 20.8. The second-order valence-corrected chi connectivity index (χ2v) is 7.36. The molecule has 0 unspecified atom stereocenters. The molecule has 0 spiro atoms. The Morgan fingerprint density at radius 1 is 1.27 bits per heavy atom. The number of benzene rings is 1. The number of piperidine rings is 1. The molecule has 1 fully saturated rings. The number of carbonyl (C=O) groups excluding carboxylic acids is 1. The molecule has 1 aromatic carbocycles. The van der Waals surface area contributed by atoms with Gasteiger partial charge in [-0.25, -0.2) is 9.97 Å². The van der Waals surface area contributed by atoms with E-state index in [1.807, 2.05) is 30.3 Å². The molecule has 3 heterocycles. The van der Waals surface area contributed by atoms with Crippen molar-refractivity contribution in [3.8, 4) is 17.0 Å². The first-order valence-corrected chi connectivity index (χ1v) is 10.2. The Hall–Kier alpha value is -3.26. The van der Waals surface area contributed by atoms with Gasteiger partial charge in [0, 0.05) is 31.5 Å². The van der Waals surface area contributed by atoms with Gasteiger partial charge in [0.15, 0.2) is 12.4 Å². The maximum atomic E-state index is 11.5. The number of anilines is 1. The topological polar surface area (TPSA) is 101 Å². The van der Waals surface area contributed by atoms with Crippen LogP contribution in [0, 0.1) is 5.92 Å². The van der Waals surface area contributed by atoms with E-state index < -0.39 is 0 Å². The van der Waals surface area contributed by atoms with Crippen LogP contribution >= 0.6 is 0 Å². The summed E-state index contributed by atoms with van der Waals surface area (Å²) in [5.41, 5.74) is 3.21. The number of nitrogens with zero attached hydrogens (tertiary/aromatic N) is 3. The summed E-state index contributed by atoms with van der Waals surface area (Å²) in [6.07, 6.45) is 5.77. The highest BCUT2D eigenvalue weighted by Gasteiger charge is 2.15. The van der Waals surface area contributed by atoms with Crippen molar-refractivity contribution < 1.29 is 9.53 Å². The van der Waals surface area contributed by atoms with E-state index in [1.165, 1.54) is 12.8 Å². The lowest BCUT2D eigenvalue weighted by atomic mass is 10.00. The van der Waals surface area contributed by atoms with Gasteiger partial charge >= 0.3 is 0 Å². The highest BCUT2D eigenvalue weighted by atomic mass is 16.5. The van der Waals surface area contributed by atoms with E-state index in [0.717, 1.165) is 47.7 Å². The molecule has 156 valence electrons. The number of fused-ring (bicyclic) bond motifs is 1. The number of amides is 1. The number of pyridine rings is 1. The molecule has 1 amide bonds. The van der Waals surface area contributed by atoms with Crippen LogP contribution < -0.4 is 20.7 Å². The number of carbonyl (C=O) groups is 1. The molecule has 0 bridgehead atoms. The van der Waals surface area contributed by atoms with Crippen LogP contribution in [0.15, 0.2) is 42.7 Å². The molecule has 30 heavy (non-hydrogen) atoms. The van der Waals surface area contributed by atoms with Gasteiger partial charge in [-0.15, -0.1) is 0 Å². The maximum Gasteiger partial charge on any atom is 0.257 e. The Bertz CT molecular complexity index is 1020. The van der Waals surface area contributed by atoms with Gasteiger partial charge in [-0.2, -0.15) is 0 Å². The molecule has 8 nitrogen and oxygen atoms in total. The SMILES string of the molecule is CNC(=O)COc1cccc(-c2cc3nccnc3c(NC[C@@H]3CCCNC3)n2)c1. The minimum atomic E-state index is -0.178. The van der Waals surface area contributed by atoms with Crippen molar-refractivity contribution in [3.05, 3.63) is 42.7 Å². The summed E-state index contributed by atoms with van der Waals surface area (Å²) in [5, 5.41) is 9.48. The Kier molecular flexibility index (Phi) is 6.34. The molecule has 1 aliphatic rings. The van der Waals surface area contributed by atoms with E-state index >= 15 is 0 Å². The number of likely N-dealkylation sites (N-methyl/N-ethyl adjacent to an activating group) is 1. The molecule has 1 aliphatic heterocycles. The summed E-state index contributed by atoms with van der Waals surface area (Å²) in [7, 11) is 1.58. The van der Waals surface area contributed by atoms with Crippen LogP contribution in [0.5, 0.6) is 5.75 Å². The van der Waals surface area contributed by atoms with Crippen LogP contribution in [0.2, 0.25) is 0 Å². The predicted molar refractivity (Wildman–Crippen MR) is 116 cm³/mol. The molecule has 4 rings (SSSR count). The third-order valence-electron chi connectivity index (χ3n) is 5.19. The molecule has 2 aromatic heterocycles. The average Bonchev–Trinajstić information content (AvgIpc) is 2.81. The number of hydrogen-bond donors (Lipinski definition) is 3. The Labute approximate surface area is 175 Å². The number of ether oxygens (including phenoxy) is 1. The van der Waals surface area contributed by atoms with Crippen molar-refractivity contribution in [2.24, 2.45) is 5.92 Å². The minimum Gasteiger partial charge on any atom is -0.484 e. The molecular formula is C22H26N6O2. The quantitative estimate of drug-likeness (QED) is 0.553. The number of rotatable bonds is 7. The lowest BCUT2D eigenvalue weighted by Gasteiger charge is -2.23. The summed E-state index contributed by atoms with van der Waals surface area (Å²) in [6, 6.07) is 9.47. The second kappa shape index (κ2) is 9.49. The van der Waals surface area contributed by atoms with Gasteiger partial charge in [-0.1, -0.05) is 12.1 Å². The van der Waals surface area contributed by atoms with Gasteiger partial charge in [-0.3, -0.25) is 9.78 Å². The van der Waals surface area contributed by atoms with E-state index in [4.69, 9.17) is 9.72 Å². The third kappa shape index (κ3) is 4.83. The Balaban J connectivity index is 1.60. The highest BCUT2D eigenvalue weighted by molar-refractivity contribution is 5.88. The van der Waals surface area contributed by atoms with Crippen molar-refractivity contribution in [3.63, 3.8) is 0 Å². The van der Waals surface area contributed by atoms with Crippen LogP contribution in [0.4, 0.5) is 5.82 Å². The van der Waals surface area contributed by atoms with Gasteiger partial charge in [0.05, 0.1) is 11.2 Å². The molecule has 0 radical (unpaired) electrons. The van der Waals surface area contributed by atoms with Gasteiger partial charge in [-0.05, 0) is 50.0 Å². The van der Waals surface area contributed by atoms with E-state index in [-0.39, 0.29) is 12.5 Å². The number of aromatic nitrogens is 3. The fraction of sp³-hybridized carbons (Fsp3) is 0.364. The Morgan fingerprint density at radius 2 is 2.17 bits per heavy atom. The zero-order valence-corrected chi connectivity index (χ0v) is 17.0. The molecule has 0 saturated carbocycles. The number of hydrogen-bond acceptors (Lipinski definition) is 7. The largest absolute Gasteiger partial charge is 0.484 e. The fourth-order valence-electron chi connectivity index (χ4n) is 3.55. The highest BCUT2D eigenvalue weighted by Crippen LogP contribution is 2.28. The monoisotopic (exact) mass is 406 g/mol. The fourth-order valence-corrected chi connectivity index (χ4v) is 3.55. The standard InChI is InChI=1S/C22H26N6O2/c1-23-20(29)14-30-17-6-2-5-16(10-17)18-11-19-21(26-9-8-25-19)22(28-18)27-13-15-4-3-7-24-12-15/h2,5-6,8-11,15,24H,3-4,7,12-14H2,1H3,(H,23,29)(H,27,28)/t15-/m1/s1. The summed E-state index contributed by atoms with van der Waals surface area (Å²) >= 11 is 0. The second-order valence-electron chi connectivity index (χ2n) is 7.36. The first-order valence-electron chi connectivity index (χ1n) is 10.2. The lowest BCUT2D eigenvalue weighted by Crippen LogP contribution is -2.33. The van der Waals surface area contributed by atoms with Crippen molar-refractivity contribution >= 4 is 22.8 Å². The molecule has 1 atom stereocenters. The molecule has 8 heteroatoms. The van der Waals surface area contributed by atoms with Gasteiger partial charge in [0.25, 0.3) is 5.91 Å². The van der Waals surface area contributed by atoms with Crippen LogP contribution in [0.1, 0.15) is 12.8 Å². The summed E-state index contributed by atoms with van der Waals surface area (Å²) in [5.74, 6) is 1.73. The summed E-state index contributed by atoms with van der Waals surface area (Å²) in [4.78, 5) is 25.3. The maximum absolute atomic E-state index is 11.5. The van der Waals surface area contributed by atoms with Crippen LogP contribution in [0.3, 0.4) is 0 Å². The van der Waals surface area contributed by atoms with Gasteiger partial charge in [0.2, 0.25) is 0 Å². The van der Waals surface area contributed by atoms with Gasteiger partial charge in [0.1, 0.15) is 11.3 Å². The third-order valence-corrected chi connectivity index (χ3v) is 5.19.